The van der Waals surface area contributed by atoms with Gasteiger partial charge in [-0.1, -0.05) is 12.1 Å². The van der Waals surface area contributed by atoms with Gasteiger partial charge in [0.05, 0.1) is 19.2 Å². The van der Waals surface area contributed by atoms with Crippen molar-refractivity contribution < 1.29 is 9.26 Å². The summed E-state index contributed by atoms with van der Waals surface area (Å²) >= 11 is 0. The van der Waals surface area contributed by atoms with Crippen LogP contribution in [0.4, 0.5) is 0 Å². The number of aromatic amines is 1. The number of H-pyrrole nitrogens is 1. The Balaban J connectivity index is 1.85. The lowest BCUT2D eigenvalue weighted by Crippen LogP contribution is -2.26. The van der Waals surface area contributed by atoms with Crippen LogP contribution in [0.15, 0.2) is 33.6 Å². The van der Waals surface area contributed by atoms with Crippen molar-refractivity contribution in [2.24, 2.45) is 0 Å². The molecule has 3 aromatic rings. The summed E-state index contributed by atoms with van der Waals surface area (Å²) in [6.07, 6.45) is 0. The zero-order valence-corrected chi connectivity index (χ0v) is 14.0. The summed E-state index contributed by atoms with van der Waals surface area (Å²) in [4.78, 5) is 21.6. The van der Waals surface area contributed by atoms with Gasteiger partial charge in [-0.2, -0.15) is 4.98 Å². The summed E-state index contributed by atoms with van der Waals surface area (Å²) in [6.45, 7) is 5.60. The second kappa shape index (κ2) is 6.84. The summed E-state index contributed by atoms with van der Waals surface area (Å²) in [6, 6.07) is 7.54. The molecular formula is C17H20N4O3. The number of benzene rings is 1. The van der Waals surface area contributed by atoms with E-state index in [0.717, 1.165) is 17.4 Å². The lowest BCUT2D eigenvalue weighted by molar-refractivity contribution is 0.228. The number of nitrogens with zero attached hydrogens (tertiary/aromatic N) is 3. The third kappa shape index (κ3) is 3.46. The van der Waals surface area contributed by atoms with Gasteiger partial charge in [-0.3, -0.25) is 9.69 Å². The third-order valence-corrected chi connectivity index (χ3v) is 3.90. The van der Waals surface area contributed by atoms with Crippen LogP contribution in [0.1, 0.15) is 24.2 Å². The van der Waals surface area contributed by atoms with Gasteiger partial charge in [0.2, 0.25) is 5.89 Å². The highest BCUT2D eigenvalue weighted by Crippen LogP contribution is 2.19. The molecule has 0 aliphatic rings. The predicted molar refractivity (Wildman–Crippen MR) is 89.9 cm³/mol. The van der Waals surface area contributed by atoms with E-state index in [0.29, 0.717) is 36.1 Å². The second-order valence-electron chi connectivity index (χ2n) is 5.62. The predicted octanol–water partition coefficient (Wildman–Crippen LogP) is 2.25. The van der Waals surface area contributed by atoms with E-state index in [1.165, 1.54) is 0 Å². The lowest BCUT2D eigenvalue weighted by Gasteiger charge is -2.18. The number of aromatic nitrogens is 3. The zero-order valence-electron chi connectivity index (χ0n) is 14.0. The van der Waals surface area contributed by atoms with Gasteiger partial charge >= 0.3 is 0 Å². The van der Waals surface area contributed by atoms with Crippen LogP contribution in [0.3, 0.4) is 0 Å². The van der Waals surface area contributed by atoms with Gasteiger partial charge in [0, 0.05) is 18.2 Å². The fourth-order valence-corrected chi connectivity index (χ4v) is 2.59. The second-order valence-corrected chi connectivity index (χ2v) is 5.62. The van der Waals surface area contributed by atoms with Crippen LogP contribution in [0.5, 0.6) is 5.75 Å². The minimum absolute atomic E-state index is 0.101. The molecule has 126 valence electrons. The number of pyridine rings is 1. The quantitative estimate of drug-likeness (QED) is 0.747. The first kappa shape index (κ1) is 16.2. The van der Waals surface area contributed by atoms with Gasteiger partial charge in [0.25, 0.3) is 5.56 Å². The molecule has 0 bridgehead atoms. The number of fused-ring (bicyclic) bond motifs is 1. The largest absolute Gasteiger partial charge is 0.497 e. The van der Waals surface area contributed by atoms with Crippen LogP contribution in [-0.2, 0) is 13.1 Å². The molecule has 0 unspecified atom stereocenters. The fourth-order valence-electron chi connectivity index (χ4n) is 2.59. The SMILES string of the molecule is CCN(Cc1nc(C)no1)Cc1cc2ccc(OC)cc2[nH]c1=O. The van der Waals surface area contributed by atoms with Crippen molar-refractivity contribution in [2.75, 3.05) is 13.7 Å². The Hall–Kier alpha value is -2.67. The van der Waals surface area contributed by atoms with Crippen molar-refractivity contribution in [1.82, 2.24) is 20.0 Å². The molecule has 1 aromatic carbocycles. The Bertz CT molecular complexity index is 900. The fraction of sp³-hybridized carbons (Fsp3) is 0.353. The monoisotopic (exact) mass is 328 g/mol. The Morgan fingerprint density at radius 2 is 2.12 bits per heavy atom. The van der Waals surface area contributed by atoms with Gasteiger partial charge < -0.3 is 14.2 Å². The van der Waals surface area contributed by atoms with Gasteiger partial charge in [0.15, 0.2) is 5.82 Å². The maximum Gasteiger partial charge on any atom is 0.252 e. The molecular weight excluding hydrogens is 308 g/mol. The van der Waals surface area contributed by atoms with E-state index in [2.05, 4.69) is 20.0 Å². The number of nitrogens with one attached hydrogen (secondary N) is 1. The molecule has 24 heavy (non-hydrogen) atoms. The Morgan fingerprint density at radius 1 is 1.29 bits per heavy atom. The number of hydrogen-bond acceptors (Lipinski definition) is 6. The summed E-state index contributed by atoms with van der Waals surface area (Å²) in [5.41, 5.74) is 1.36. The van der Waals surface area contributed by atoms with Crippen LogP contribution < -0.4 is 10.3 Å². The summed E-state index contributed by atoms with van der Waals surface area (Å²) < 4.78 is 10.3. The van der Waals surface area contributed by atoms with Crippen molar-refractivity contribution in [3.63, 3.8) is 0 Å². The molecule has 0 amide bonds. The molecule has 0 fully saturated rings. The molecule has 0 saturated carbocycles. The molecule has 0 spiro atoms. The number of ether oxygens (including phenoxy) is 1. The Kier molecular flexibility index (Phi) is 4.61. The molecule has 0 atom stereocenters. The van der Waals surface area contributed by atoms with E-state index >= 15 is 0 Å². The molecule has 7 heteroatoms. The number of rotatable bonds is 6. The first-order valence-corrected chi connectivity index (χ1v) is 7.80. The van der Waals surface area contributed by atoms with Crippen LogP contribution in [0.2, 0.25) is 0 Å². The Labute approximate surface area is 139 Å². The van der Waals surface area contributed by atoms with E-state index in [9.17, 15) is 4.79 Å². The molecule has 0 radical (unpaired) electrons. The molecule has 3 rings (SSSR count). The molecule has 1 N–H and O–H groups in total. The van der Waals surface area contributed by atoms with Crippen LogP contribution >= 0.6 is 0 Å². The summed E-state index contributed by atoms with van der Waals surface area (Å²) in [7, 11) is 1.60. The average Bonchev–Trinajstić information content (AvgIpc) is 2.99. The summed E-state index contributed by atoms with van der Waals surface area (Å²) in [5, 5.41) is 4.76. The highest BCUT2D eigenvalue weighted by Gasteiger charge is 2.12. The topological polar surface area (TPSA) is 84.2 Å². The highest BCUT2D eigenvalue weighted by molar-refractivity contribution is 5.80. The lowest BCUT2D eigenvalue weighted by atomic mass is 10.1. The smallest absolute Gasteiger partial charge is 0.252 e. The molecule has 0 saturated heterocycles. The van der Waals surface area contributed by atoms with Gasteiger partial charge in [-0.15, -0.1) is 0 Å². The van der Waals surface area contributed by atoms with Gasteiger partial charge in [-0.05, 0) is 37.1 Å². The Morgan fingerprint density at radius 3 is 2.79 bits per heavy atom. The minimum Gasteiger partial charge on any atom is -0.497 e. The van der Waals surface area contributed by atoms with Crippen LogP contribution in [0.25, 0.3) is 10.9 Å². The van der Waals surface area contributed by atoms with E-state index in [1.807, 2.05) is 31.2 Å². The molecule has 0 aliphatic carbocycles. The zero-order chi connectivity index (χ0) is 17.1. The molecule has 7 nitrogen and oxygen atoms in total. The van der Waals surface area contributed by atoms with Gasteiger partial charge in [0.1, 0.15) is 5.75 Å². The first-order chi connectivity index (χ1) is 11.6. The number of methoxy groups -OCH3 is 1. The number of aryl methyl sites for hydroxylation is 1. The first-order valence-electron chi connectivity index (χ1n) is 7.80. The van der Waals surface area contributed by atoms with E-state index in [4.69, 9.17) is 9.26 Å². The molecule has 0 aliphatic heterocycles. The summed E-state index contributed by atoms with van der Waals surface area (Å²) in [5.74, 6) is 1.88. The normalized spacial score (nSPS) is 11.3. The van der Waals surface area contributed by atoms with Crippen molar-refractivity contribution in [3.05, 3.63) is 51.9 Å². The maximum absolute atomic E-state index is 12.4. The highest BCUT2D eigenvalue weighted by atomic mass is 16.5. The van der Waals surface area contributed by atoms with Crippen LogP contribution in [0, 0.1) is 6.92 Å². The van der Waals surface area contributed by atoms with Gasteiger partial charge in [-0.25, -0.2) is 0 Å². The van der Waals surface area contributed by atoms with Crippen molar-refractivity contribution in [3.8, 4) is 5.75 Å². The van der Waals surface area contributed by atoms with E-state index in [-0.39, 0.29) is 5.56 Å². The maximum atomic E-state index is 12.4. The molecule has 2 aromatic heterocycles. The van der Waals surface area contributed by atoms with Crippen LogP contribution in [-0.4, -0.2) is 33.7 Å². The van der Waals surface area contributed by atoms with E-state index in [1.54, 1.807) is 14.0 Å². The minimum atomic E-state index is -0.101. The van der Waals surface area contributed by atoms with Crippen molar-refractivity contribution in [2.45, 2.75) is 26.9 Å². The molecule has 2 heterocycles. The van der Waals surface area contributed by atoms with Crippen molar-refractivity contribution >= 4 is 10.9 Å². The number of hydrogen-bond donors (Lipinski definition) is 1. The van der Waals surface area contributed by atoms with Crippen molar-refractivity contribution in [1.29, 1.82) is 0 Å². The average molecular weight is 328 g/mol. The third-order valence-electron chi connectivity index (χ3n) is 3.90. The standard InChI is InChI=1S/C17H20N4O3/c1-4-21(10-16-18-11(2)20-24-16)9-13-7-12-5-6-14(23-3)8-15(12)19-17(13)22/h5-8H,4,9-10H2,1-3H3,(H,19,22). The van der Waals surface area contributed by atoms with E-state index < -0.39 is 0 Å².